The van der Waals surface area contributed by atoms with Crippen molar-refractivity contribution in [2.24, 2.45) is 5.92 Å². The Morgan fingerprint density at radius 3 is 2.38 bits per heavy atom. The first-order valence-electron chi connectivity index (χ1n) is 12.9. The van der Waals surface area contributed by atoms with E-state index in [9.17, 15) is 9.59 Å². The lowest BCUT2D eigenvalue weighted by Gasteiger charge is -2.35. The predicted molar refractivity (Wildman–Crippen MR) is 133 cm³/mol. The van der Waals surface area contributed by atoms with Gasteiger partial charge in [0.15, 0.2) is 0 Å². The molecule has 4 nitrogen and oxygen atoms in total. The molecule has 0 radical (unpaired) electrons. The minimum atomic E-state index is -0.468. The third-order valence-electron chi connectivity index (χ3n) is 6.86. The van der Waals surface area contributed by atoms with Crippen molar-refractivity contribution in [1.82, 2.24) is 4.90 Å². The van der Waals surface area contributed by atoms with Gasteiger partial charge in [-0.05, 0) is 55.7 Å². The number of benzene rings is 1. The summed E-state index contributed by atoms with van der Waals surface area (Å²) in [6, 6.07) is 7.62. The van der Waals surface area contributed by atoms with Crippen LogP contribution in [0, 0.1) is 5.92 Å². The van der Waals surface area contributed by atoms with Gasteiger partial charge in [0.25, 0.3) is 5.91 Å². The van der Waals surface area contributed by atoms with Crippen LogP contribution in [0.25, 0.3) is 0 Å². The Labute approximate surface area is 198 Å². The van der Waals surface area contributed by atoms with Gasteiger partial charge in [-0.1, -0.05) is 70.9 Å². The molecule has 2 aliphatic rings. The second-order valence-corrected chi connectivity index (χ2v) is 10.5. The number of unbranched alkanes of at least 4 members (excludes halogenated alkanes) is 4. The molecule has 0 bridgehead atoms. The Kier molecular flexibility index (Phi) is 10.4. The summed E-state index contributed by atoms with van der Waals surface area (Å²) in [5, 5.41) is 0.0836. The van der Waals surface area contributed by atoms with Crippen molar-refractivity contribution in [3.05, 3.63) is 35.4 Å². The summed E-state index contributed by atoms with van der Waals surface area (Å²) in [4.78, 5) is 28.4. The molecule has 2 fully saturated rings. The molecular weight excluding hydrogens is 418 g/mol. The maximum atomic E-state index is 13.7. The normalized spacial score (nSPS) is 21.6. The number of carbonyl (C=O) groups excluding carboxylic acids is 2. The number of aryl methyl sites for hydroxylation is 1. The molecule has 1 aliphatic carbocycles. The monoisotopic (exact) mass is 459 g/mol. The number of carbonyl (C=O) groups is 2. The number of hydrogen-bond acceptors (Lipinski definition) is 4. The Balaban J connectivity index is 1.71. The van der Waals surface area contributed by atoms with Crippen molar-refractivity contribution in [1.29, 1.82) is 0 Å². The van der Waals surface area contributed by atoms with Crippen LogP contribution in [0.3, 0.4) is 0 Å². The second kappa shape index (κ2) is 13.3. The molecule has 2 atom stereocenters. The highest BCUT2D eigenvalue weighted by atomic mass is 32.2. The zero-order chi connectivity index (χ0) is 22.8. The molecule has 1 saturated carbocycles. The van der Waals surface area contributed by atoms with Gasteiger partial charge in [-0.15, -0.1) is 11.8 Å². The average molecular weight is 460 g/mol. The van der Waals surface area contributed by atoms with Gasteiger partial charge in [-0.3, -0.25) is 4.79 Å². The minimum Gasteiger partial charge on any atom is -0.464 e. The van der Waals surface area contributed by atoms with Crippen LogP contribution in [0.2, 0.25) is 0 Å². The summed E-state index contributed by atoms with van der Waals surface area (Å²) in [5.74, 6) is 0.877. The molecule has 0 unspecified atom stereocenters. The highest BCUT2D eigenvalue weighted by Crippen LogP contribution is 2.41. The molecule has 1 aliphatic heterocycles. The van der Waals surface area contributed by atoms with E-state index in [4.69, 9.17) is 4.74 Å². The lowest BCUT2D eigenvalue weighted by atomic mass is 9.88. The fraction of sp³-hybridized carbons (Fsp3) is 0.704. The number of rotatable bonds is 11. The van der Waals surface area contributed by atoms with E-state index in [0.29, 0.717) is 23.8 Å². The average Bonchev–Trinajstić information content (AvgIpc) is 3.28. The smallest absolute Gasteiger partial charge is 0.329 e. The number of hydrogen-bond donors (Lipinski definition) is 0. The van der Waals surface area contributed by atoms with Crippen LogP contribution in [0.4, 0.5) is 0 Å². The van der Waals surface area contributed by atoms with E-state index in [0.717, 1.165) is 32.1 Å². The summed E-state index contributed by atoms with van der Waals surface area (Å²) in [6.07, 6.45) is 13.9. The largest absolute Gasteiger partial charge is 0.464 e. The van der Waals surface area contributed by atoms with Crippen LogP contribution in [0.5, 0.6) is 0 Å². The highest BCUT2D eigenvalue weighted by molar-refractivity contribution is 8.00. The van der Waals surface area contributed by atoms with E-state index in [2.05, 4.69) is 26.0 Å². The molecule has 1 amide bonds. The van der Waals surface area contributed by atoms with Crippen LogP contribution in [-0.2, 0) is 16.0 Å². The molecule has 3 rings (SSSR count). The van der Waals surface area contributed by atoms with Crippen molar-refractivity contribution >= 4 is 23.6 Å². The lowest BCUT2D eigenvalue weighted by molar-refractivity contribution is -0.148. The minimum absolute atomic E-state index is 0.0134. The van der Waals surface area contributed by atoms with Gasteiger partial charge < -0.3 is 9.64 Å². The van der Waals surface area contributed by atoms with Gasteiger partial charge in [0.05, 0.1) is 12.0 Å². The number of amides is 1. The van der Waals surface area contributed by atoms with Crippen LogP contribution >= 0.6 is 11.8 Å². The number of ether oxygens (including phenoxy) is 1. The van der Waals surface area contributed by atoms with Gasteiger partial charge in [0.2, 0.25) is 0 Å². The summed E-state index contributed by atoms with van der Waals surface area (Å²) in [6.45, 7) is 4.76. The molecule has 1 heterocycles. The van der Waals surface area contributed by atoms with Crippen LogP contribution in [-0.4, -0.2) is 40.6 Å². The van der Waals surface area contributed by atoms with E-state index in [1.807, 2.05) is 17.0 Å². The van der Waals surface area contributed by atoms with Crippen molar-refractivity contribution in [3.8, 4) is 0 Å². The van der Waals surface area contributed by atoms with Crippen LogP contribution < -0.4 is 0 Å². The van der Waals surface area contributed by atoms with E-state index < -0.39 is 6.04 Å². The highest BCUT2D eigenvalue weighted by Gasteiger charge is 2.45. The van der Waals surface area contributed by atoms with Gasteiger partial charge in [-0.2, -0.15) is 0 Å². The van der Waals surface area contributed by atoms with Crippen molar-refractivity contribution in [2.75, 3.05) is 12.4 Å². The quantitative estimate of drug-likeness (QED) is 0.276. The lowest BCUT2D eigenvalue weighted by Crippen LogP contribution is -2.48. The Morgan fingerprint density at radius 1 is 0.969 bits per heavy atom. The maximum absolute atomic E-state index is 13.7. The summed E-state index contributed by atoms with van der Waals surface area (Å²) in [7, 11) is 0. The molecule has 5 heteroatoms. The summed E-state index contributed by atoms with van der Waals surface area (Å²) in [5.41, 5.74) is 1.98. The molecule has 0 spiro atoms. The fourth-order valence-electron chi connectivity index (χ4n) is 4.88. The van der Waals surface area contributed by atoms with Crippen LogP contribution in [0.15, 0.2) is 24.3 Å². The zero-order valence-corrected chi connectivity index (χ0v) is 20.8. The standard InChI is InChI=1S/C27H41NO3S/c1-3-5-7-9-12-21-15-17-22(18-16-21)25(29)28-24(27(30)31-19-6-4-2)20-32-26(28)23-13-10-8-11-14-23/h15-18,23-24,26H,3-14,19-20H2,1-2H3/t24-,26+/m0/s1. The van der Waals surface area contributed by atoms with Gasteiger partial charge >= 0.3 is 5.97 Å². The summed E-state index contributed by atoms with van der Waals surface area (Å²) < 4.78 is 5.56. The van der Waals surface area contributed by atoms with E-state index in [-0.39, 0.29) is 17.3 Å². The Morgan fingerprint density at radius 2 is 1.69 bits per heavy atom. The van der Waals surface area contributed by atoms with Gasteiger partial charge in [0.1, 0.15) is 6.04 Å². The Bertz CT molecular complexity index is 714. The van der Waals surface area contributed by atoms with E-state index >= 15 is 0 Å². The molecule has 32 heavy (non-hydrogen) atoms. The van der Waals surface area contributed by atoms with Gasteiger partial charge in [0, 0.05) is 11.3 Å². The van der Waals surface area contributed by atoms with E-state index in [1.165, 1.54) is 50.5 Å². The molecule has 178 valence electrons. The Hall–Kier alpha value is -1.49. The maximum Gasteiger partial charge on any atom is 0.329 e. The van der Waals surface area contributed by atoms with E-state index in [1.54, 1.807) is 11.8 Å². The second-order valence-electron chi connectivity index (χ2n) is 9.38. The SMILES string of the molecule is CCCCCCc1ccc(C(=O)N2[C@@H](C3CCCCC3)SC[C@H]2C(=O)OCCCC)cc1. The summed E-state index contributed by atoms with van der Waals surface area (Å²) >= 11 is 1.78. The third-order valence-corrected chi connectivity index (χ3v) is 8.32. The molecule has 1 aromatic carbocycles. The predicted octanol–water partition coefficient (Wildman–Crippen LogP) is 6.62. The van der Waals surface area contributed by atoms with Crippen molar-refractivity contribution < 1.29 is 14.3 Å². The zero-order valence-electron chi connectivity index (χ0n) is 20.0. The first-order chi connectivity index (χ1) is 15.7. The molecule has 0 N–H and O–H groups in total. The number of nitrogens with zero attached hydrogens (tertiary/aromatic N) is 1. The first kappa shape index (κ1) is 25.1. The molecule has 1 aromatic rings. The molecule has 1 saturated heterocycles. The van der Waals surface area contributed by atoms with Crippen molar-refractivity contribution in [3.63, 3.8) is 0 Å². The molecular formula is C27H41NO3S. The van der Waals surface area contributed by atoms with Gasteiger partial charge in [-0.25, -0.2) is 4.79 Å². The van der Waals surface area contributed by atoms with Crippen molar-refractivity contribution in [2.45, 2.75) is 102 Å². The number of esters is 1. The van der Waals surface area contributed by atoms with Crippen LogP contribution in [0.1, 0.15) is 100 Å². The first-order valence-corrected chi connectivity index (χ1v) is 13.9. The third kappa shape index (κ3) is 6.76. The fourth-order valence-corrected chi connectivity index (χ4v) is 6.50. The topological polar surface area (TPSA) is 46.6 Å². The number of thioether (sulfide) groups is 1. The molecule has 0 aromatic heterocycles.